The van der Waals surface area contributed by atoms with E-state index >= 15 is 0 Å². The van der Waals surface area contributed by atoms with Crippen LogP contribution in [-0.2, 0) is 19.2 Å². The van der Waals surface area contributed by atoms with E-state index in [2.05, 4.69) is 10.1 Å². The molecule has 1 unspecified atom stereocenters. The van der Waals surface area contributed by atoms with Crippen LogP contribution in [-0.4, -0.2) is 46.9 Å². The minimum absolute atomic E-state index is 0.0769. The third kappa shape index (κ3) is 4.56. The molecular weight excluding hydrogens is 270 g/mol. The van der Waals surface area contributed by atoms with Gasteiger partial charge in [-0.15, -0.1) is 5.01 Å². The Bertz CT molecular complexity index is 403. The summed E-state index contributed by atoms with van der Waals surface area (Å²) < 4.78 is 4.75. The first kappa shape index (κ1) is 16.0. The zero-order valence-electron chi connectivity index (χ0n) is 11.7. The van der Waals surface area contributed by atoms with E-state index in [1.807, 2.05) is 0 Å². The highest BCUT2D eigenvalue weighted by atomic mass is 16.8. The molecular formula is C11H19N3O6. The number of carbonyl (C=O) groups is 2. The van der Waals surface area contributed by atoms with Crippen LogP contribution in [0.1, 0.15) is 27.2 Å². The SMILES string of the molecule is CC(C)(C)C(=O)OCON=[N+]([O-])N1CCC(C(=O)O)C1. The maximum atomic E-state index is 11.5. The van der Waals surface area contributed by atoms with Crippen molar-refractivity contribution < 1.29 is 29.2 Å². The molecule has 0 spiro atoms. The fraction of sp³-hybridized carbons (Fsp3) is 0.818. The predicted octanol–water partition coefficient (Wildman–Crippen LogP) is 0.749. The number of carbonyl (C=O) groups excluding carboxylic acids is 1. The van der Waals surface area contributed by atoms with Gasteiger partial charge in [-0.05, 0) is 27.2 Å². The summed E-state index contributed by atoms with van der Waals surface area (Å²) in [5.74, 6) is -2.00. The standard InChI is InChI=1S/C11H19N3O6/c1-11(2,3)10(17)19-7-20-12-14(18)13-5-4-8(6-13)9(15)16/h8H,4-7H2,1-3H3,(H,15,16). The van der Waals surface area contributed by atoms with E-state index in [1.165, 1.54) is 5.01 Å². The lowest BCUT2D eigenvalue weighted by atomic mass is 9.98. The van der Waals surface area contributed by atoms with Gasteiger partial charge in [0.25, 0.3) is 6.79 Å². The van der Waals surface area contributed by atoms with Crippen molar-refractivity contribution in [3.8, 4) is 0 Å². The molecule has 0 radical (unpaired) electrons. The van der Waals surface area contributed by atoms with E-state index < -0.39 is 30.1 Å². The number of hydrazine groups is 1. The van der Waals surface area contributed by atoms with Crippen LogP contribution in [0.4, 0.5) is 0 Å². The van der Waals surface area contributed by atoms with Crippen LogP contribution in [0.25, 0.3) is 0 Å². The van der Waals surface area contributed by atoms with Crippen LogP contribution in [0.3, 0.4) is 0 Å². The van der Waals surface area contributed by atoms with Gasteiger partial charge in [0.1, 0.15) is 0 Å². The second kappa shape index (κ2) is 6.40. The second-order valence-electron chi connectivity index (χ2n) is 5.50. The molecule has 1 aliphatic heterocycles. The van der Waals surface area contributed by atoms with Gasteiger partial charge in [0.05, 0.1) is 29.4 Å². The fourth-order valence-corrected chi connectivity index (χ4v) is 1.52. The number of hydrogen-bond donors (Lipinski definition) is 1. The van der Waals surface area contributed by atoms with Crippen LogP contribution in [0.15, 0.2) is 5.28 Å². The molecule has 1 fully saturated rings. The van der Waals surface area contributed by atoms with Crippen molar-refractivity contribution in [3.63, 3.8) is 0 Å². The highest BCUT2D eigenvalue weighted by Crippen LogP contribution is 2.16. The number of aliphatic carboxylic acids is 1. The van der Waals surface area contributed by atoms with Crippen LogP contribution in [0.2, 0.25) is 0 Å². The third-order valence-electron chi connectivity index (χ3n) is 2.74. The summed E-state index contributed by atoms with van der Waals surface area (Å²) >= 11 is 0. The van der Waals surface area contributed by atoms with E-state index in [-0.39, 0.29) is 18.1 Å². The Kier molecular flexibility index (Phi) is 5.12. The Morgan fingerprint density at radius 1 is 1.50 bits per heavy atom. The van der Waals surface area contributed by atoms with Gasteiger partial charge in [0.15, 0.2) is 0 Å². The van der Waals surface area contributed by atoms with Crippen LogP contribution in [0, 0.1) is 16.5 Å². The van der Waals surface area contributed by atoms with Crippen molar-refractivity contribution >= 4 is 11.9 Å². The molecule has 0 aromatic rings. The summed E-state index contributed by atoms with van der Waals surface area (Å²) in [6.07, 6.45) is 0.378. The number of carboxylic acids is 1. The van der Waals surface area contributed by atoms with Gasteiger partial charge < -0.3 is 19.9 Å². The Morgan fingerprint density at radius 2 is 2.15 bits per heavy atom. The predicted molar refractivity (Wildman–Crippen MR) is 64.9 cm³/mol. The van der Waals surface area contributed by atoms with Gasteiger partial charge in [0.2, 0.25) is 5.28 Å². The smallest absolute Gasteiger partial charge is 0.314 e. The van der Waals surface area contributed by atoms with Gasteiger partial charge in [-0.1, -0.05) is 0 Å². The average molecular weight is 289 g/mol. The number of rotatable bonds is 5. The van der Waals surface area contributed by atoms with Crippen molar-refractivity contribution in [2.24, 2.45) is 16.6 Å². The maximum Gasteiger partial charge on any atom is 0.314 e. The average Bonchev–Trinajstić information content (AvgIpc) is 2.82. The Balaban J connectivity index is 2.33. The van der Waals surface area contributed by atoms with E-state index in [0.29, 0.717) is 6.42 Å². The molecule has 1 aliphatic rings. The quantitative estimate of drug-likeness (QED) is 0.198. The molecule has 0 aromatic carbocycles. The van der Waals surface area contributed by atoms with Gasteiger partial charge >= 0.3 is 11.9 Å². The zero-order chi connectivity index (χ0) is 15.3. The van der Waals surface area contributed by atoms with Gasteiger partial charge in [0, 0.05) is 0 Å². The van der Waals surface area contributed by atoms with Crippen molar-refractivity contribution in [2.45, 2.75) is 27.2 Å². The molecule has 0 bridgehead atoms. The fourth-order valence-electron chi connectivity index (χ4n) is 1.52. The summed E-state index contributed by atoms with van der Waals surface area (Å²) in [5.41, 5.74) is -0.663. The molecule has 1 heterocycles. The lowest BCUT2D eigenvalue weighted by Crippen LogP contribution is -2.30. The molecule has 114 valence electrons. The van der Waals surface area contributed by atoms with E-state index in [0.717, 1.165) is 0 Å². The summed E-state index contributed by atoms with van der Waals surface area (Å²) in [6, 6.07) is 0. The Morgan fingerprint density at radius 3 is 2.65 bits per heavy atom. The first-order valence-corrected chi connectivity index (χ1v) is 6.17. The lowest BCUT2D eigenvalue weighted by molar-refractivity contribution is -0.708. The van der Waals surface area contributed by atoms with E-state index in [1.54, 1.807) is 20.8 Å². The zero-order valence-corrected chi connectivity index (χ0v) is 11.7. The molecule has 0 aliphatic carbocycles. The van der Waals surface area contributed by atoms with Crippen LogP contribution in [0.5, 0.6) is 0 Å². The number of nitrogens with zero attached hydrogens (tertiary/aromatic N) is 3. The van der Waals surface area contributed by atoms with Crippen LogP contribution < -0.4 is 0 Å². The molecule has 0 saturated carbocycles. The largest absolute Gasteiger partial charge is 0.569 e. The van der Waals surface area contributed by atoms with Gasteiger partial charge in [-0.25, -0.2) is 0 Å². The number of ether oxygens (including phenoxy) is 1. The van der Waals surface area contributed by atoms with Crippen LogP contribution >= 0.6 is 0 Å². The second-order valence-corrected chi connectivity index (χ2v) is 5.50. The minimum atomic E-state index is -0.944. The van der Waals surface area contributed by atoms with E-state index in [9.17, 15) is 14.8 Å². The van der Waals surface area contributed by atoms with Crippen molar-refractivity contribution in [1.29, 1.82) is 0 Å². The minimum Gasteiger partial charge on any atom is -0.569 e. The molecule has 9 nitrogen and oxygen atoms in total. The maximum absolute atomic E-state index is 11.5. The number of hydrogen-bond acceptors (Lipinski definition) is 6. The monoisotopic (exact) mass is 289 g/mol. The third-order valence-corrected chi connectivity index (χ3v) is 2.74. The Hall–Kier alpha value is -2.06. The van der Waals surface area contributed by atoms with Gasteiger partial charge in [-0.2, -0.15) is 0 Å². The van der Waals surface area contributed by atoms with Crippen molar-refractivity contribution in [1.82, 2.24) is 5.01 Å². The molecule has 0 amide bonds. The summed E-state index contributed by atoms with van der Waals surface area (Å²) in [4.78, 5) is 26.9. The first-order valence-electron chi connectivity index (χ1n) is 6.17. The van der Waals surface area contributed by atoms with Gasteiger partial charge in [-0.3, -0.25) is 9.59 Å². The molecule has 1 saturated heterocycles. The number of carboxylic acid groups (broad SMARTS) is 1. The van der Waals surface area contributed by atoms with E-state index in [4.69, 9.17) is 9.84 Å². The molecule has 1 atom stereocenters. The van der Waals surface area contributed by atoms with Crippen molar-refractivity contribution in [2.75, 3.05) is 19.9 Å². The van der Waals surface area contributed by atoms with Crippen molar-refractivity contribution in [3.05, 3.63) is 5.21 Å². The number of esters is 1. The molecule has 1 N–H and O–H groups in total. The molecule has 9 heteroatoms. The highest BCUT2D eigenvalue weighted by molar-refractivity contribution is 5.75. The lowest BCUT2D eigenvalue weighted by Gasteiger charge is -2.15. The summed E-state index contributed by atoms with van der Waals surface area (Å²) in [7, 11) is 0. The first-order chi connectivity index (χ1) is 9.21. The Labute approximate surface area is 116 Å². The highest BCUT2D eigenvalue weighted by Gasteiger charge is 2.32. The molecule has 0 aromatic heterocycles. The topological polar surface area (TPSA) is 114 Å². The summed E-state index contributed by atoms with van der Waals surface area (Å²) in [5, 5.41) is 24.7. The molecule has 1 rings (SSSR count). The molecule has 20 heavy (non-hydrogen) atoms. The normalized spacial score (nSPS) is 19.9. The summed E-state index contributed by atoms with van der Waals surface area (Å²) in [6.45, 7) is 4.95.